The maximum absolute atomic E-state index is 9.62. The summed E-state index contributed by atoms with van der Waals surface area (Å²) in [6.07, 6.45) is 0. The molecule has 0 spiro atoms. The van der Waals surface area contributed by atoms with Gasteiger partial charge in [-0.2, -0.15) is 12.6 Å². The molecule has 0 aliphatic carbocycles. The van der Waals surface area contributed by atoms with Gasteiger partial charge in [0, 0.05) is 7.11 Å². The molecular formula is C4H10O3S. The lowest BCUT2D eigenvalue weighted by molar-refractivity contribution is -0.136. The highest BCUT2D eigenvalue weighted by atomic mass is 32.1. The number of aliphatic carboxylic acids is 1. The van der Waals surface area contributed by atoms with E-state index in [1.807, 2.05) is 0 Å². The Morgan fingerprint density at radius 3 is 1.75 bits per heavy atom. The first kappa shape index (κ1) is 10.7. The number of carboxylic acids is 1. The van der Waals surface area contributed by atoms with Crippen LogP contribution in [-0.2, 0) is 4.79 Å². The van der Waals surface area contributed by atoms with Crippen LogP contribution in [0.2, 0.25) is 0 Å². The quantitative estimate of drug-likeness (QED) is 0.447. The van der Waals surface area contributed by atoms with Crippen LogP contribution in [-0.4, -0.2) is 28.5 Å². The van der Waals surface area contributed by atoms with Crippen LogP contribution in [0.15, 0.2) is 0 Å². The molecule has 0 bridgehead atoms. The second kappa shape index (κ2) is 6.78. The van der Waals surface area contributed by atoms with Crippen LogP contribution in [0, 0.1) is 0 Å². The fourth-order valence-electron chi connectivity index (χ4n) is 0. The zero-order chi connectivity index (χ0) is 7.15. The maximum atomic E-state index is 9.62. The van der Waals surface area contributed by atoms with Crippen molar-refractivity contribution in [3.8, 4) is 0 Å². The van der Waals surface area contributed by atoms with Crippen molar-refractivity contribution < 1.29 is 15.0 Å². The van der Waals surface area contributed by atoms with Gasteiger partial charge in [-0.1, -0.05) is 0 Å². The lowest BCUT2D eigenvalue weighted by Crippen LogP contribution is -2.06. The van der Waals surface area contributed by atoms with E-state index in [4.69, 9.17) is 10.2 Å². The minimum Gasteiger partial charge on any atom is -0.480 e. The molecule has 0 radical (unpaired) electrons. The summed E-state index contributed by atoms with van der Waals surface area (Å²) in [6.45, 7) is 1.51. The Morgan fingerprint density at radius 1 is 1.62 bits per heavy atom. The molecule has 0 aliphatic heterocycles. The SMILES string of the molecule is CC(S)C(=O)O.CO. The van der Waals surface area contributed by atoms with Crippen molar-refractivity contribution in [2.75, 3.05) is 7.11 Å². The van der Waals surface area contributed by atoms with Crippen LogP contribution < -0.4 is 0 Å². The molecule has 0 heterocycles. The highest BCUT2D eigenvalue weighted by Gasteiger charge is 2.00. The number of thiol groups is 1. The Morgan fingerprint density at radius 2 is 1.75 bits per heavy atom. The molecule has 0 fully saturated rings. The van der Waals surface area contributed by atoms with E-state index >= 15 is 0 Å². The first-order chi connectivity index (χ1) is 3.64. The number of hydrogen-bond acceptors (Lipinski definition) is 3. The summed E-state index contributed by atoms with van der Waals surface area (Å²) in [5, 5.41) is 14.4. The van der Waals surface area contributed by atoms with E-state index < -0.39 is 11.2 Å². The summed E-state index contributed by atoms with van der Waals surface area (Å²) < 4.78 is 0. The first-order valence-corrected chi connectivity index (χ1v) is 2.52. The van der Waals surface area contributed by atoms with E-state index in [0.29, 0.717) is 0 Å². The highest BCUT2D eigenvalue weighted by molar-refractivity contribution is 7.81. The average Bonchev–Trinajstić information content (AvgIpc) is 1.72. The Balaban J connectivity index is 0. The minimum absolute atomic E-state index is 0.537. The van der Waals surface area contributed by atoms with E-state index in [0.717, 1.165) is 7.11 Å². The fourth-order valence-corrected chi connectivity index (χ4v) is 0. The Labute approximate surface area is 53.7 Å². The van der Waals surface area contributed by atoms with Crippen LogP contribution in [0.5, 0.6) is 0 Å². The molecular weight excluding hydrogens is 128 g/mol. The Bertz CT molecular complexity index is 62.3. The summed E-state index contributed by atoms with van der Waals surface area (Å²) in [5.41, 5.74) is 0. The third-order valence-corrected chi connectivity index (χ3v) is 0.578. The van der Waals surface area contributed by atoms with E-state index in [-0.39, 0.29) is 0 Å². The second-order valence-corrected chi connectivity index (χ2v) is 1.79. The Kier molecular flexibility index (Phi) is 9.07. The van der Waals surface area contributed by atoms with Crippen molar-refractivity contribution in [1.82, 2.24) is 0 Å². The van der Waals surface area contributed by atoms with Gasteiger partial charge in [0.05, 0.1) is 5.25 Å². The largest absolute Gasteiger partial charge is 0.480 e. The number of hydrogen-bond donors (Lipinski definition) is 3. The van der Waals surface area contributed by atoms with Gasteiger partial charge in [0.1, 0.15) is 0 Å². The van der Waals surface area contributed by atoms with Gasteiger partial charge >= 0.3 is 5.97 Å². The van der Waals surface area contributed by atoms with Gasteiger partial charge in [0.15, 0.2) is 0 Å². The number of carbonyl (C=O) groups is 1. The van der Waals surface area contributed by atoms with Crippen molar-refractivity contribution in [1.29, 1.82) is 0 Å². The van der Waals surface area contributed by atoms with E-state index in [1.165, 1.54) is 6.92 Å². The molecule has 0 aromatic heterocycles. The predicted octanol–water partition coefficient (Wildman–Crippen LogP) is -0.00220. The monoisotopic (exact) mass is 138 g/mol. The van der Waals surface area contributed by atoms with Gasteiger partial charge in [-0.3, -0.25) is 4.79 Å². The molecule has 8 heavy (non-hydrogen) atoms. The smallest absolute Gasteiger partial charge is 0.316 e. The lowest BCUT2D eigenvalue weighted by atomic mass is 10.5. The van der Waals surface area contributed by atoms with Crippen LogP contribution >= 0.6 is 12.6 Å². The van der Waals surface area contributed by atoms with Gasteiger partial charge < -0.3 is 10.2 Å². The molecule has 50 valence electrons. The molecule has 0 aromatic carbocycles. The molecule has 0 aromatic rings. The summed E-state index contributed by atoms with van der Waals surface area (Å²) >= 11 is 3.59. The Hall–Kier alpha value is -0.220. The lowest BCUT2D eigenvalue weighted by Gasteiger charge is -1.88. The van der Waals surface area contributed by atoms with Crippen LogP contribution in [0.25, 0.3) is 0 Å². The molecule has 2 N–H and O–H groups in total. The van der Waals surface area contributed by atoms with Gasteiger partial charge in [0.25, 0.3) is 0 Å². The van der Waals surface area contributed by atoms with Crippen molar-refractivity contribution in [3.63, 3.8) is 0 Å². The molecule has 0 saturated heterocycles. The second-order valence-electron chi connectivity index (χ2n) is 1.01. The van der Waals surface area contributed by atoms with E-state index in [1.54, 1.807) is 0 Å². The summed E-state index contributed by atoms with van der Waals surface area (Å²) in [4.78, 5) is 9.62. The average molecular weight is 138 g/mol. The zero-order valence-corrected chi connectivity index (χ0v) is 5.72. The highest BCUT2D eigenvalue weighted by Crippen LogP contribution is 1.88. The predicted molar refractivity (Wildman–Crippen MR) is 34.2 cm³/mol. The molecule has 0 saturated carbocycles. The number of aliphatic hydroxyl groups excluding tert-OH is 1. The van der Waals surface area contributed by atoms with E-state index in [2.05, 4.69) is 12.6 Å². The molecule has 0 rings (SSSR count). The molecule has 3 nitrogen and oxygen atoms in total. The van der Waals surface area contributed by atoms with Gasteiger partial charge in [0.2, 0.25) is 0 Å². The van der Waals surface area contributed by atoms with Gasteiger partial charge in [-0.05, 0) is 6.92 Å². The fraction of sp³-hybridized carbons (Fsp3) is 0.750. The van der Waals surface area contributed by atoms with E-state index in [9.17, 15) is 4.79 Å². The third kappa shape index (κ3) is 9.24. The first-order valence-electron chi connectivity index (χ1n) is 2.00. The van der Waals surface area contributed by atoms with Crippen molar-refractivity contribution in [3.05, 3.63) is 0 Å². The minimum atomic E-state index is -0.877. The summed E-state index contributed by atoms with van der Waals surface area (Å²) in [7, 11) is 1.00. The zero-order valence-electron chi connectivity index (χ0n) is 4.83. The van der Waals surface area contributed by atoms with Crippen LogP contribution in [0.3, 0.4) is 0 Å². The van der Waals surface area contributed by atoms with Crippen molar-refractivity contribution >= 4 is 18.6 Å². The summed E-state index contributed by atoms with van der Waals surface area (Å²) in [6, 6.07) is 0. The normalized spacial score (nSPS) is 11.0. The number of carboxylic acid groups (broad SMARTS) is 1. The number of aliphatic hydroxyl groups is 1. The molecule has 0 amide bonds. The molecule has 1 unspecified atom stereocenters. The maximum Gasteiger partial charge on any atom is 0.316 e. The standard InChI is InChI=1S/C3H6O2S.CH4O/c1-2(6)3(4)5;1-2/h2,6H,1H3,(H,4,5);2H,1H3. The van der Waals surface area contributed by atoms with Crippen molar-refractivity contribution in [2.24, 2.45) is 0 Å². The van der Waals surface area contributed by atoms with Gasteiger partial charge in [-0.15, -0.1) is 0 Å². The van der Waals surface area contributed by atoms with Gasteiger partial charge in [-0.25, -0.2) is 0 Å². The molecule has 4 heteroatoms. The topological polar surface area (TPSA) is 57.5 Å². The summed E-state index contributed by atoms with van der Waals surface area (Å²) in [5.74, 6) is -0.877. The number of rotatable bonds is 1. The third-order valence-electron chi connectivity index (χ3n) is 0.357. The van der Waals surface area contributed by atoms with Crippen LogP contribution in [0.4, 0.5) is 0 Å². The van der Waals surface area contributed by atoms with Crippen LogP contribution in [0.1, 0.15) is 6.92 Å². The molecule has 0 aliphatic rings. The molecule has 1 atom stereocenters. The van der Waals surface area contributed by atoms with Crippen molar-refractivity contribution in [2.45, 2.75) is 12.2 Å².